The highest BCUT2D eigenvalue weighted by Gasteiger charge is 2.40. The van der Waals surface area contributed by atoms with E-state index in [1.54, 1.807) is 0 Å². The van der Waals surface area contributed by atoms with Crippen molar-refractivity contribution >= 4 is 5.91 Å². The van der Waals surface area contributed by atoms with Crippen LogP contribution in [0.15, 0.2) is 54.6 Å². The minimum Gasteiger partial charge on any atom is -0.341 e. The second-order valence-electron chi connectivity index (χ2n) is 8.90. The van der Waals surface area contributed by atoms with Gasteiger partial charge in [0, 0.05) is 39.3 Å². The molecule has 160 valence electrons. The summed E-state index contributed by atoms with van der Waals surface area (Å²) in [6, 6.07) is 19.1. The second-order valence-corrected chi connectivity index (χ2v) is 8.90. The molecule has 0 aliphatic carbocycles. The van der Waals surface area contributed by atoms with Crippen LogP contribution in [0.3, 0.4) is 0 Å². The smallest absolute Gasteiger partial charge is 0.228 e. The minimum atomic E-state index is -0.0119. The number of nitrogens with one attached hydrogen (secondary N) is 2. The molecule has 0 spiro atoms. The Bertz CT molecular complexity index is 840. The Morgan fingerprint density at radius 2 is 1.90 bits per heavy atom. The number of benzene rings is 2. The van der Waals surface area contributed by atoms with Crippen LogP contribution in [-0.2, 0) is 17.9 Å². The number of likely N-dealkylation sites (tertiary alicyclic amines) is 1. The van der Waals surface area contributed by atoms with E-state index >= 15 is 0 Å². The van der Waals surface area contributed by atoms with Crippen molar-refractivity contribution in [1.29, 1.82) is 0 Å². The van der Waals surface area contributed by atoms with E-state index in [-0.39, 0.29) is 17.9 Å². The average Bonchev–Trinajstić information content (AvgIpc) is 3.26. The fraction of sp³-hybridized carbons (Fsp3) is 0.480. The summed E-state index contributed by atoms with van der Waals surface area (Å²) < 4.78 is 0. The summed E-state index contributed by atoms with van der Waals surface area (Å²) in [6.07, 6.45) is 2.37. The third-order valence-electron chi connectivity index (χ3n) is 6.69. The van der Waals surface area contributed by atoms with Gasteiger partial charge in [-0.2, -0.15) is 0 Å². The predicted octanol–water partition coefficient (Wildman–Crippen LogP) is 2.96. The molecule has 0 saturated carbocycles. The van der Waals surface area contributed by atoms with Crippen molar-refractivity contribution in [3.8, 4) is 0 Å². The maximum absolute atomic E-state index is 13.3. The first-order valence-electron chi connectivity index (χ1n) is 11.2. The molecule has 3 unspecified atom stereocenters. The molecule has 4 rings (SSSR count). The van der Waals surface area contributed by atoms with Crippen molar-refractivity contribution < 1.29 is 4.79 Å². The zero-order valence-electron chi connectivity index (χ0n) is 18.2. The molecule has 1 amide bonds. The molecule has 0 bridgehead atoms. The standard InChI is InChI=1S/C25H34N4O/c1-19-9-6-7-12-21(19)17-29-14-8-13-22(18-29)24-23(15-26-27-24)25(30)28(2)16-20-10-4-3-5-11-20/h3-7,9-12,22-24,26-27H,8,13-18H2,1-2H3. The van der Waals surface area contributed by atoms with Gasteiger partial charge < -0.3 is 4.90 Å². The lowest BCUT2D eigenvalue weighted by atomic mass is 9.83. The zero-order chi connectivity index (χ0) is 20.9. The normalized spacial score (nSPS) is 24.7. The number of hydrogen-bond acceptors (Lipinski definition) is 4. The van der Waals surface area contributed by atoms with Crippen LogP contribution in [0.2, 0.25) is 0 Å². The third-order valence-corrected chi connectivity index (χ3v) is 6.69. The van der Waals surface area contributed by atoms with Crippen molar-refractivity contribution in [3.05, 3.63) is 71.3 Å². The van der Waals surface area contributed by atoms with Crippen LogP contribution in [0.4, 0.5) is 0 Å². The monoisotopic (exact) mass is 406 g/mol. The number of hydrazine groups is 1. The Kier molecular flexibility index (Phi) is 6.82. The molecule has 2 aromatic carbocycles. The lowest BCUT2D eigenvalue weighted by Crippen LogP contribution is -2.49. The lowest BCUT2D eigenvalue weighted by molar-refractivity contribution is -0.135. The van der Waals surface area contributed by atoms with Gasteiger partial charge in [-0.1, -0.05) is 54.6 Å². The molecule has 2 aliphatic heterocycles. The van der Waals surface area contributed by atoms with Crippen LogP contribution in [0, 0.1) is 18.8 Å². The van der Waals surface area contributed by atoms with Crippen LogP contribution in [-0.4, -0.2) is 48.4 Å². The number of carbonyl (C=O) groups excluding carboxylic acids is 1. The van der Waals surface area contributed by atoms with Gasteiger partial charge in [0.15, 0.2) is 0 Å². The number of nitrogens with zero attached hydrogens (tertiary/aromatic N) is 2. The highest BCUT2D eigenvalue weighted by Crippen LogP contribution is 2.28. The van der Waals surface area contributed by atoms with Crippen molar-refractivity contribution in [2.45, 2.75) is 38.9 Å². The first-order chi connectivity index (χ1) is 14.6. The Morgan fingerprint density at radius 1 is 1.13 bits per heavy atom. The molecule has 2 N–H and O–H groups in total. The molecule has 30 heavy (non-hydrogen) atoms. The highest BCUT2D eigenvalue weighted by molar-refractivity contribution is 5.80. The number of amides is 1. The zero-order valence-corrected chi connectivity index (χ0v) is 18.2. The first kappa shape index (κ1) is 21.0. The Labute approximate surface area is 180 Å². The molecule has 0 radical (unpaired) electrons. The van der Waals surface area contributed by atoms with E-state index in [9.17, 15) is 4.79 Å². The molecule has 2 fully saturated rings. The Balaban J connectivity index is 1.38. The molecule has 2 aromatic rings. The van der Waals surface area contributed by atoms with Crippen LogP contribution >= 0.6 is 0 Å². The summed E-state index contributed by atoms with van der Waals surface area (Å²) in [6.45, 7) is 6.73. The second kappa shape index (κ2) is 9.73. The molecule has 0 aromatic heterocycles. The molecule has 2 aliphatic rings. The van der Waals surface area contributed by atoms with Gasteiger partial charge in [0.2, 0.25) is 5.91 Å². The largest absolute Gasteiger partial charge is 0.341 e. The summed E-state index contributed by atoms with van der Waals surface area (Å²) in [4.78, 5) is 17.7. The summed E-state index contributed by atoms with van der Waals surface area (Å²) in [5.74, 6) is 0.705. The van der Waals surface area contributed by atoms with E-state index in [4.69, 9.17) is 0 Å². The van der Waals surface area contributed by atoms with Crippen molar-refractivity contribution in [3.63, 3.8) is 0 Å². The summed E-state index contributed by atoms with van der Waals surface area (Å²) in [7, 11) is 1.93. The highest BCUT2D eigenvalue weighted by atomic mass is 16.2. The fourth-order valence-corrected chi connectivity index (χ4v) is 4.98. The van der Waals surface area contributed by atoms with Gasteiger partial charge in [-0.3, -0.25) is 20.5 Å². The van der Waals surface area contributed by atoms with Crippen molar-refractivity contribution in [2.75, 3.05) is 26.7 Å². The van der Waals surface area contributed by atoms with E-state index < -0.39 is 0 Å². The minimum absolute atomic E-state index is 0.0119. The van der Waals surface area contributed by atoms with Gasteiger partial charge in [-0.25, -0.2) is 0 Å². The van der Waals surface area contributed by atoms with Crippen LogP contribution in [0.1, 0.15) is 29.5 Å². The first-order valence-corrected chi connectivity index (χ1v) is 11.2. The molecule has 5 heteroatoms. The Morgan fingerprint density at radius 3 is 2.70 bits per heavy atom. The van der Waals surface area contributed by atoms with E-state index in [0.717, 1.165) is 19.6 Å². The van der Waals surface area contributed by atoms with Gasteiger partial charge >= 0.3 is 0 Å². The maximum atomic E-state index is 13.3. The quantitative estimate of drug-likeness (QED) is 0.774. The number of hydrogen-bond donors (Lipinski definition) is 2. The third kappa shape index (κ3) is 4.91. The molecule has 5 nitrogen and oxygen atoms in total. The van der Waals surface area contributed by atoms with E-state index in [2.05, 4.69) is 59.1 Å². The van der Waals surface area contributed by atoms with E-state index in [1.807, 2.05) is 30.1 Å². The molecule has 3 atom stereocenters. The van der Waals surface area contributed by atoms with Crippen LogP contribution in [0.25, 0.3) is 0 Å². The molecular weight excluding hydrogens is 372 g/mol. The van der Waals surface area contributed by atoms with Crippen molar-refractivity contribution in [2.24, 2.45) is 11.8 Å². The average molecular weight is 407 g/mol. The summed E-state index contributed by atoms with van der Waals surface area (Å²) in [5.41, 5.74) is 10.7. The van der Waals surface area contributed by atoms with Crippen LogP contribution < -0.4 is 10.9 Å². The maximum Gasteiger partial charge on any atom is 0.228 e. The van der Waals surface area contributed by atoms with Gasteiger partial charge in [0.1, 0.15) is 0 Å². The fourth-order valence-electron chi connectivity index (χ4n) is 4.98. The van der Waals surface area contributed by atoms with Crippen LogP contribution in [0.5, 0.6) is 0 Å². The van der Waals surface area contributed by atoms with E-state index in [0.29, 0.717) is 19.0 Å². The van der Waals surface area contributed by atoms with Crippen molar-refractivity contribution in [1.82, 2.24) is 20.7 Å². The summed E-state index contributed by atoms with van der Waals surface area (Å²) in [5, 5.41) is 0. The number of piperidine rings is 1. The summed E-state index contributed by atoms with van der Waals surface area (Å²) >= 11 is 0. The van der Waals surface area contributed by atoms with E-state index in [1.165, 1.54) is 29.5 Å². The van der Waals surface area contributed by atoms with Gasteiger partial charge in [-0.05, 0) is 48.9 Å². The number of aryl methyl sites for hydroxylation is 1. The van der Waals surface area contributed by atoms with Gasteiger partial charge in [-0.15, -0.1) is 0 Å². The topological polar surface area (TPSA) is 47.6 Å². The predicted molar refractivity (Wildman–Crippen MR) is 121 cm³/mol. The van der Waals surface area contributed by atoms with Gasteiger partial charge in [0.05, 0.1) is 5.92 Å². The molecule has 2 heterocycles. The Hall–Kier alpha value is -2.21. The molecule has 2 saturated heterocycles. The number of carbonyl (C=O) groups is 1. The SMILES string of the molecule is Cc1ccccc1CN1CCCC(C2NNCC2C(=O)N(C)Cc2ccccc2)C1. The molecular formula is C25H34N4O. The number of rotatable bonds is 6. The lowest BCUT2D eigenvalue weighted by Gasteiger charge is -2.37. The van der Waals surface area contributed by atoms with Gasteiger partial charge in [0.25, 0.3) is 0 Å².